The van der Waals surface area contributed by atoms with Gasteiger partial charge >= 0.3 is 5.69 Å². The van der Waals surface area contributed by atoms with E-state index in [1.54, 1.807) is 28.8 Å². The van der Waals surface area contributed by atoms with Crippen LogP contribution in [-0.4, -0.2) is 24.7 Å². The molecular weight excluding hydrogens is 346 g/mol. The quantitative estimate of drug-likeness (QED) is 0.393. The molecule has 8 nitrogen and oxygen atoms in total. The second-order valence-corrected chi connectivity index (χ2v) is 5.85. The van der Waals surface area contributed by atoms with Crippen LogP contribution in [-0.2, 0) is 6.42 Å². The highest BCUT2D eigenvalue weighted by atomic mass is 16.6. The molecule has 0 amide bonds. The average Bonchev–Trinajstić information content (AvgIpc) is 3.12. The van der Waals surface area contributed by atoms with Crippen LogP contribution in [0.4, 0.5) is 5.69 Å². The van der Waals surface area contributed by atoms with Crippen molar-refractivity contribution in [1.82, 2.24) is 19.8 Å². The number of hydrogen-bond donors (Lipinski definition) is 0. The van der Waals surface area contributed by atoms with Crippen LogP contribution < -0.4 is 4.74 Å². The molecule has 0 radical (unpaired) electrons. The Morgan fingerprint density at radius 1 is 1.07 bits per heavy atom. The maximum absolute atomic E-state index is 11.4. The van der Waals surface area contributed by atoms with Crippen molar-refractivity contribution in [1.29, 1.82) is 0 Å². The van der Waals surface area contributed by atoms with Crippen molar-refractivity contribution in [3.05, 3.63) is 76.3 Å². The van der Waals surface area contributed by atoms with Gasteiger partial charge in [-0.15, -0.1) is 15.3 Å². The van der Waals surface area contributed by atoms with Gasteiger partial charge in [0.25, 0.3) is 0 Å². The first-order chi connectivity index (χ1) is 13.2. The molecule has 134 valence electrons. The smallest absolute Gasteiger partial charge is 0.311 e. The highest BCUT2D eigenvalue weighted by Gasteiger charge is 2.18. The third kappa shape index (κ3) is 3.20. The Morgan fingerprint density at radius 2 is 1.89 bits per heavy atom. The van der Waals surface area contributed by atoms with Crippen LogP contribution in [0.1, 0.15) is 12.5 Å². The molecule has 0 aliphatic heterocycles. The Kier molecular flexibility index (Phi) is 4.21. The minimum absolute atomic E-state index is 0.0942. The number of aromatic nitrogens is 4. The zero-order valence-electron chi connectivity index (χ0n) is 14.4. The molecule has 0 N–H and O–H groups in total. The summed E-state index contributed by atoms with van der Waals surface area (Å²) in [4.78, 5) is 10.9. The fourth-order valence-electron chi connectivity index (χ4n) is 2.72. The van der Waals surface area contributed by atoms with Gasteiger partial charge in [0.2, 0.25) is 11.6 Å². The molecule has 0 bridgehead atoms. The number of ether oxygens (including phenoxy) is 1. The number of nitrogens with zero attached hydrogens (tertiary/aromatic N) is 5. The number of benzene rings is 2. The Bertz CT molecular complexity index is 1120. The van der Waals surface area contributed by atoms with Crippen molar-refractivity contribution in [2.75, 3.05) is 0 Å². The summed E-state index contributed by atoms with van der Waals surface area (Å²) in [6.45, 7) is 1.94. The standard InChI is InChI=1S/C19H15N5O3/c1-2-13-8-9-16(15(12-13)24(25)26)27-18-11-10-17-20-21-19(23(17)22-18)14-6-4-3-5-7-14/h3-12H,2H2,1H3. The molecule has 2 aromatic heterocycles. The van der Waals surface area contributed by atoms with Gasteiger partial charge in [-0.2, -0.15) is 4.52 Å². The fraction of sp³-hybridized carbons (Fsp3) is 0.105. The molecule has 0 spiro atoms. The second-order valence-electron chi connectivity index (χ2n) is 5.85. The van der Waals surface area contributed by atoms with Crippen molar-refractivity contribution in [3.63, 3.8) is 0 Å². The Morgan fingerprint density at radius 3 is 2.63 bits per heavy atom. The van der Waals surface area contributed by atoms with Crippen LogP contribution in [0.2, 0.25) is 0 Å². The van der Waals surface area contributed by atoms with Gasteiger partial charge in [-0.05, 0) is 24.1 Å². The highest BCUT2D eigenvalue weighted by molar-refractivity contribution is 5.58. The lowest BCUT2D eigenvalue weighted by molar-refractivity contribution is -0.385. The van der Waals surface area contributed by atoms with Gasteiger partial charge in [0, 0.05) is 17.7 Å². The lowest BCUT2D eigenvalue weighted by Crippen LogP contribution is -2.00. The molecule has 0 unspecified atom stereocenters. The number of nitro groups is 1. The summed E-state index contributed by atoms with van der Waals surface area (Å²) in [5, 5.41) is 24.0. The normalized spacial score (nSPS) is 10.9. The monoisotopic (exact) mass is 361 g/mol. The van der Waals surface area contributed by atoms with Crippen molar-refractivity contribution >= 4 is 11.3 Å². The molecule has 0 atom stereocenters. The van der Waals surface area contributed by atoms with E-state index in [1.165, 1.54) is 6.07 Å². The number of hydrogen-bond acceptors (Lipinski definition) is 6. The third-order valence-corrected chi connectivity index (χ3v) is 4.11. The Balaban J connectivity index is 1.74. The van der Waals surface area contributed by atoms with Crippen LogP contribution in [0.15, 0.2) is 60.7 Å². The molecule has 0 aliphatic carbocycles. The highest BCUT2D eigenvalue weighted by Crippen LogP contribution is 2.32. The average molecular weight is 361 g/mol. The van der Waals surface area contributed by atoms with Gasteiger partial charge in [0.05, 0.1) is 4.92 Å². The van der Waals surface area contributed by atoms with Crippen molar-refractivity contribution in [2.24, 2.45) is 0 Å². The van der Waals surface area contributed by atoms with Gasteiger partial charge in [-0.3, -0.25) is 10.1 Å². The first-order valence-electron chi connectivity index (χ1n) is 8.39. The molecule has 0 aliphatic rings. The van der Waals surface area contributed by atoms with E-state index in [4.69, 9.17) is 4.74 Å². The summed E-state index contributed by atoms with van der Waals surface area (Å²) < 4.78 is 7.26. The number of aryl methyl sites for hydroxylation is 1. The van der Waals surface area contributed by atoms with E-state index >= 15 is 0 Å². The predicted molar refractivity (Wildman–Crippen MR) is 98.8 cm³/mol. The topological polar surface area (TPSA) is 95.5 Å². The van der Waals surface area contributed by atoms with E-state index in [2.05, 4.69) is 15.3 Å². The summed E-state index contributed by atoms with van der Waals surface area (Å²) in [5.74, 6) is 0.914. The van der Waals surface area contributed by atoms with Crippen LogP contribution >= 0.6 is 0 Å². The zero-order valence-corrected chi connectivity index (χ0v) is 14.4. The van der Waals surface area contributed by atoms with E-state index in [0.29, 0.717) is 17.9 Å². The van der Waals surface area contributed by atoms with E-state index in [0.717, 1.165) is 11.1 Å². The minimum Gasteiger partial charge on any atom is -0.430 e. The summed E-state index contributed by atoms with van der Waals surface area (Å²) in [7, 11) is 0. The van der Waals surface area contributed by atoms with E-state index in [9.17, 15) is 10.1 Å². The maximum Gasteiger partial charge on any atom is 0.311 e. The van der Waals surface area contributed by atoms with Crippen LogP contribution in [0.5, 0.6) is 11.6 Å². The summed E-state index contributed by atoms with van der Waals surface area (Å²) in [5.41, 5.74) is 2.18. The SMILES string of the molecule is CCc1ccc(Oc2ccc3nnc(-c4ccccc4)n3n2)c([N+](=O)[O-])c1. The zero-order chi connectivity index (χ0) is 18.8. The van der Waals surface area contributed by atoms with Gasteiger partial charge in [-0.25, -0.2) is 0 Å². The lowest BCUT2D eigenvalue weighted by Gasteiger charge is -2.07. The number of fused-ring (bicyclic) bond motifs is 1. The second kappa shape index (κ2) is 6.83. The number of nitro benzene ring substituents is 1. The van der Waals surface area contributed by atoms with Gasteiger partial charge in [0.1, 0.15) is 0 Å². The van der Waals surface area contributed by atoms with Crippen molar-refractivity contribution < 1.29 is 9.66 Å². The molecule has 8 heteroatoms. The summed E-state index contributed by atoms with van der Waals surface area (Å²) in [6.07, 6.45) is 0.701. The van der Waals surface area contributed by atoms with Gasteiger partial charge in [-0.1, -0.05) is 43.3 Å². The van der Waals surface area contributed by atoms with Gasteiger partial charge < -0.3 is 4.74 Å². The largest absolute Gasteiger partial charge is 0.430 e. The number of rotatable bonds is 5. The predicted octanol–water partition coefficient (Wildman–Crippen LogP) is 4.05. The Labute approximate surface area is 154 Å². The Hall–Kier alpha value is -3.81. The van der Waals surface area contributed by atoms with Gasteiger partial charge in [0.15, 0.2) is 11.5 Å². The van der Waals surface area contributed by atoms with E-state index in [-0.39, 0.29) is 17.3 Å². The molecule has 2 heterocycles. The molecule has 2 aromatic carbocycles. The molecule has 4 rings (SSSR count). The molecule has 0 saturated heterocycles. The van der Waals surface area contributed by atoms with Crippen molar-refractivity contribution in [3.8, 4) is 23.0 Å². The molecular formula is C19H15N5O3. The summed E-state index contributed by atoms with van der Waals surface area (Å²) >= 11 is 0. The lowest BCUT2D eigenvalue weighted by atomic mass is 10.1. The fourth-order valence-corrected chi connectivity index (χ4v) is 2.72. The van der Waals surface area contributed by atoms with Crippen LogP contribution in [0.3, 0.4) is 0 Å². The first-order valence-corrected chi connectivity index (χ1v) is 8.39. The molecule has 4 aromatic rings. The van der Waals surface area contributed by atoms with E-state index in [1.807, 2.05) is 37.3 Å². The molecule has 0 saturated carbocycles. The molecule has 27 heavy (non-hydrogen) atoms. The van der Waals surface area contributed by atoms with E-state index < -0.39 is 4.92 Å². The third-order valence-electron chi connectivity index (χ3n) is 4.11. The van der Waals surface area contributed by atoms with Crippen molar-refractivity contribution in [2.45, 2.75) is 13.3 Å². The van der Waals surface area contributed by atoms with Crippen LogP contribution in [0.25, 0.3) is 17.0 Å². The van der Waals surface area contributed by atoms with Crippen LogP contribution in [0, 0.1) is 10.1 Å². The summed E-state index contributed by atoms with van der Waals surface area (Å²) in [6, 6.07) is 17.7. The maximum atomic E-state index is 11.4. The molecule has 0 fully saturated rings. The minimum atomic E-state index is -0.457. The first kappa shape index (κ1) is 16.6.